The van der Waals surface area contributed by atoms with Crippen LogP contribution in [0.15, 0.2) is 46.9 Å². The molecule has 0 spiro atoms. The lowest BCUT2D eigenvalue weighted by atomic mass is 10.1. The molecule has 0 saturated heterocycles. The van der Waals surface area contributed by atoms with Crippen molar-refractivity contribution in [3.05, 3.63) is 63.1 Å². The lowest BCUT2D eigenvalue weighted by Crippen LogP contribution is -2.51. The standard InChI is InChI=1S/C24H30BrClN2O3/c1-5-17(4)27-24(30)21(6-2)28(14-18-10-8-7-9-16(18)3)23(29)15-31-22-12-11-19(25)13-20(22)26/h7-13,17,21H,5-6,14-15H2,1-4H3,(H,27,30)/t17-,21+/m0/s1. The highest BCUT2D eigenvalue weighted by atomic mass is 79.9. The summed E-state index contributed by atoms with van der Waals surface area (Å²) in [5, 5.41) is 3.42. The van der Waals surface area contributed by atoms with E-state index in [1.165, 1.54) is 0 Å². The van der Waals surface area contributed by atoms with Crippen molar-refractivity contribution in [1.82, 2.24) is 10.2 Å². The van der Waals surface area contributed by atoms with Crippen LogP contribution in [-0.2, 0) is 16.1 Å². The van der Waals surface area contributed by atoms with Gasteiger partial charge in [-0.1, -0.05) is 65.6 Å². The average molecular weight is 510 g/mol. The summed E-state index contributed by atoms with van der Waals surface area (Å²) >= 11 is 9.57. The Labute approximate surface area is 198 Å². The molecule has 2 aromatic rings. The largest absolute Gasteiger partial charge is 0.482 e. The average Bonchev–Trinajstić information content (AvgIpc) is 2.74. The molecule has 1 N–H and O–H groups in total. The predicted molar refractivity (Wildman–Crippen MR) is 128 cm³/mol. The van der Waals surface area contributed by atoms with Gasteiger partial charge >= 0.3 is 0 Å². The van der Waals surface area contributed by atoms with Crippen LogP contribution in [0.25, 0.3) is 0 Å². The van der Waals surface area contributed by atoms with E-state index in [-0.39, 0.29) is 24.5 Å². The summed E-state index contributed by atoms with van der Waals surface area (Å²) in [5.41, 5.74) is 2.06. The van der Waals surface area contributed by atoms with E-state index in [9.17, 15) is 9.59 Å². The van der Waals surface area contributed by atoms with E-state index in [0.29, 0.717) is 23.7 Å². The van der Waals surface area contributed by atoms with Crippen LogP contribution in [0.3, 0.4) is 0 Å². The Hall–Kier alpha value is -2.05. The molecule has 7 heteroatoms. The SMILES string of the molecule is CC[C@H](C(=O)N[C@@H](C)CC)N(Cc1ccccc1C)C(=O)COc1ccc(Br)cc1Cl. The van der Waals surface area contributed by atoms with Crippen molar-refractivity contribution in [3.63, 3.8) is 0 Å². The van der Waals surface area contributed by atoms with Gasteiger partial charge < -0.3 is 15.0 Å². The fourth-order valence-electron chi connectivity index (χ4n) is 3.15. The lowest BCUT2D eigenvalue weighted by molar-refractivity contribution is -0.143. The summed E-state index contributed by atoms with van der Waals surface area (Å²) in [4.78, 5) is 27.8. The summed E-state index contributed by atoms with van der Waals surface area (Å²) in [6.45, 7) is 7.99. The molecule has 0 aromatic heterocycles. The molecule has 2 atom stereocenters. The lowest BCUT2D eigenvalue weighted by Gasteiger charge is -2.31. The molecule has 0 saturated carbocycles. The zero-order chi connectivity index (χ0) is 23.0. The first kappa shape index (κ1) is 25.2. The first-order valence-electron chi connectivity index (χ1n) is 10.5. The van der Waals surface area contributed by atoms with Gasteiger partial charge in [-0.2, -0.15) is 0 Å². The van der Waals surface area contributed by atoms with E-state index < -0.39 is 6.04 Å². The first-order chi connectivity index (χ1) is 14.8. The maximum absolute atomic E-state index is 13.2. The number of ether oxygens (including phenoxy) is 1. The van der Waals surface area contributed by atoms with E-state index in [0.717, 1.165) is 22.0 Å². The second-order valence-electron chi connectivity index (χ2n) is 7.55. The number of carbonyl (C=O) groups is 2. The fraction of sp³-hybridized carbons (Fsp3) is 0.417. The minimum Gasteiger partial charge on any atom is -0.482 e. The first-order valence-corrected chi connectivity index (χ1v) is 11.7. The molecule has 0 aliphatic heterocycles. The van der Waals surface area contributed by atoms with Gasteiger partial charge in [-0.05, 0) is 56.0 Å². The number of nitrogens with zero attached hydrogens (tertiary/aromatic N) is 1. The third-order valence-electron chi connectivity index (χ3n) is 5.23. The molecule has 0 heterocycles. The smallest absolute Gasteiger partial charge is 0.261 e. The summed E-state index contributed by atoms with van der Waals surface area (Å²) < 4.78 is 6.53. The molecule has 0 unspecified atom stereocenters. The minimum atomic E-state index is -0.593. The van der Waals surface area contributed by atoms with E-state index in [1.54, 1.807) is 23.1 Å². The summed E-state index contributed by atoms with van der Waals surface area (Å²) in [7, 11) is 0. The quantitative estimate of drug-likeness (QED) is 0.459. The van der Waals surface area contributed by atoms with Crippen molar-refractivity contribution in [3.8, 4) is 5.75 Å². The highest BCUT2D eigenvalue weighted by molar-refractivity contribution is 9.10. The van der Waals surface area contributed by atoms with Crippen LogP contribution < -0.4 is 10.1 Å². The number of hydrogen-bond donors (Lipinski definition) is 1. The van der Waals surface area contributed by atoms with Crippen LogP contribution >= 0.6 is 27.5 Å². The van der Waals surface area contributed by atoms with E-state index >= 15 is 0 Å². The van der Waals surface area contributed by atoms with Gasteiger partial charge in [0.25, 0.3) is 5.91 Å². The van der Waals surface area contributed by atoms with Gasteiger partial charge in [-0.15, -0.1) is 0 Å². The van der Waals surface area contributed by atoms with Gasteiger partial charge in [0.15, 0.2) is 6.61 Å². The normalized spacial score (nSPS) is 12.7. The second kappa shape index (κ2) is 12.1. The second-order valence-corrected chi connectivity index (χ2v) is 8.88. The molecule has 31 heavy (non-hydrogen) atoms. The van der Waals surface area contributed by atoms with Crippen LogP contribution in [0.1, 0.15) is 44.7 Å². The number of nitrogens with one attached hydrogen (secondary N) is 1. The molecule has 0 fully saturated rings. The van der Waals surface area contributed by atoms with Gasteiger partial charge in [0, 0.05) is 17.1 Å². The molecular weight excluding hydrogens is 480 g/mol. The van der Waals surface area contributed by atoms with Crippen LogP contribution in [0, 0.1) is 6.92 Å². The van der Waals surface area contributed by atoms with Crippen molar-refractivity contribution in [2.45, 2.75) is 59.2 Å². The number of hydrogen-bond acceptors (Lipinski definition) is 3. The topological polar surface area (TPSA) is 58.6 Å². The van der Waals surface area contributed by atoms with Crippen molar-refractivity contribution in [2.24, 2.45) is 0 Å². The molecule has 0 bridgehead atoms. The Bertz CT molecular complexity index is 906. The zero-order valence-corrected chi connectivity index (χ0v) is 20.8. The highest BCUT2D eigenvalue weighted by Crippen LogP contribution is 2.28. The van der Waals surface area contributed by atoms with Gasteiger partial charge in [0.1, 0.15) is 11.8 Å². The number of carbonyl (C=O) groups excluding carboxylic acids is 2. The van der Waals surface area contributed by atoms with Crippen LogP contribution in [0.4, 0.5) is 0 Å². The molecule has 168 valence electrons. The van der Waals surface area contributed by atoms with E-state index in [1.807, 2.05) is 52.0 Å². The van der Waals surface area contributed by atoms with Gasteiger partial charge in [-0.3, -0.25) is 9.59 Å². The Morgan fingerprint density at radius 1 is 1.16 bits per heavy atom. The van der Waals surface area contributed by atoms with Crippen molar-refractivity contribution in [2.75, 3.05) is 6.61 Å². The monoisotopic (exact) mass is 508 g/mol. The van der Waals surface area contributed by atoms with E-state index in [4.69, 9.17) is 16.3 Å². The van der Waals surface area contributed by atoms with Gasteiger partial charge in [0.05, 0.1) is 5.02 Å². The number of aryl methyl sites for hydroxylation is 1. The Balaban J connectivity index is 2.25. The third-order valence-corrected chi connectivity index (χ3v) is 6.02. The Morgan fingerprint density at radius 2 is 1.87 bits per heavy atom. The van der Waals surface area contributed by atoms with Gasteiger partial charge in [-0.25, -0.2) is 0 Å². The number of amides is 2. The van der Waals surface area contributed by atoms with Crippen molar-refractivity contribution < 1.29 is 14.3 Å². The van der Waals surface area contributed by atoms with Crippen LogP contribution in [0.5, 0.6) is 5.75 Å². The molecule has 0 radical (unpaired) electrons. The molecule has 2 amide bonds. The number of halogens is 2. The fourth-order valence-corrected chi connectivity index (χ4v) is 3.87. The number of benzene rings is 2. The molecule has 0 aliphatic carbocycles. The molecule has 5 nitrogen and oxygen atoms in total. The van der Waals surface area contributed by atoms with E-state index in [2.05, 4.69) is 21.2 Å². The summed E-state index contributed by atoms with van der Waals surface area (Å²) in [6.07, 6.45) is 1.32. The maximum Gasteiger partial charge on any atom is 0.261 e. The third kappa shape index (κ3) is 7.25. The van der Waals surface area contributed by atoms with Gasteiger partial charge in [0.2, 0.25) is 5.91 Å². The molecule has 0 aliphatic rings. The molecular formula is C24H30BrClN2O3. The van der Waals surface area contributed by atoms with Crippen LogP contribution in [0.2, 0.25) is 5.02 Å². The summed E-state index contributed by atoms with van der Waals surface area (Å²) in [5.74, 6) is 0.0000110. The predicted octanol–water partition coefficient (Wildman–Crippen LogP) is 5.51. The number of rotatable bonds is 10. The minimum absolute atomic E-state index is 0.0368. The van der Waals surface area contributed by atoms with Crippen molar-refractivity contribution >= 4 is 39.3 Å². The maximum atomic E-state index is 13.2. The van der Waals surface area contributed by atoms with Crippen LogP contribution in [-0.4, -0.2) is 35.4 Å². The Morgan fingerprint density at radius 3 is 2.48 bits per heavy atom. The molecule has 2 rings (SSSR count). The highest BCUT2D eigenvalue weighted by Gasteiger charge is 2.29. The molecule has 2 aromatic carbocycles. The summed E-state index contributed by atoms with van der Waals surface area (Å²) in [6, 6.07) is 12.5. The Kier molecular flexibility index (Phi) is 9.85. The van der Waals surface area contributed by atoms with Crippen molar-refractivity contribution in [1.29, 1.82) is 0 Å². The zero-order valence-electron chi connectivity index (χ0n) is 18.5.